The van der Waals surface area contributed by atoms with Gasteiger partial charge in [0.1, 0.15) is 11.3 Å². The first-order valence-electron chi connectivity index (χ1n) is 6.53. The van der Waals surface area contributed by atoms with Gasteiger partial charge in [-0.25, -0.2) is 4.79 Å². The van der Waals surface area contributed by atoms with Crippen molar-refractivity contribution in [3.63, 3.8) is 0 Å². The minimum atomic E-state index is -1.08. The highest BCUT2D eigenvalue weighted by Gasteiger charge is 2.08. The van der Waals surface area contributed by atoms with E-state index in [2.05, 4.69) is 4.98 Å². The van der Waals surface area contributed by atoms with Crippen LogP contribution in [0.3, 0.4) is 0 Å². The summed E-state index contributed by atoms with van der Waals surface area (Å²) in [4.78, 5) is 26.9. The van der Waals surface area contributed by atoms with Crippen molar-refractivity contribution < 1.29 is 14.3 Å². The third kappa shape index (κ3) is 2.78. The molecule has 1 N–H and O–H groups in total. The standard InChI is InChI=1S/C17H11NO4/c19-15-10-13(3-1-11-5-7-18-8-6-11)22-16-4-2-12(17(20)21)9-14(15)16/h1-10H,(H,20,21). The van der Waals surface area contributed by atoms with Crippen LogP contribution in [-0.2, 0) is 0 Å². The van der Waals surface area contributed by atoms with Gasteiger partial charge in [-0.1, -0.05) is 6.08 Å². The molecule has 2 aromatic heterocycles. The molecule has 0 fully saturated rings. The van der Waals surface area contributed by atoms with Crippen molar-refractivity contribution in [3.8, 4) is 0 Å². The van der Waals surface area contributed by atoms with E-state index in [0.29, 0.717) is 11.3 Å². The van der Waals surface area contributed by atoms with E-state index in [1.165, 1.54) is 24.3 Å². The maximum atomic E-state index is 12.1. The average molecular weight is 293 g/mol. The molecular formula is C17H11NO4. The number of pyridine rings is 1. The van der Waals surface area contributed by atoms with Gasteiger partial charge >= 0.3 is 5.97 Å². The number of aromatic nitrogens is 1. The zero-order valence-electron chi connectivity index (χ0n) is 11.4. The highest BCUT2D eigenvalue weighted by atomic mass is 16.4. The number of carboxylic acids is 1. The molecule has 0 saturated heterocycles. The average Bonchev–Trinajstić information content (AvgIpc) is 2.53. The molecule has 0 aliphatic rings. The molecular weight excluding hydrogens is 282 g/mol. The number of carboxylic acid groups (broad SMARTS) is 1. The molecule has 3 rings (SSSR count). The van der Waals surface area contributed by atoms with E-state index in [9.17, 15) is 9.59 Å². The molecule has 0 radical (unpaired) electrons. The molecule has 5 nitrogen and oxygen atoms in total. The highest BCUT2D eigenvalue weighted by Crippen LogP contribution is 2.16. The minimum absolute atomic E-state index is 0.0554. The Morgan fingerprint density at radius 3 is 2.59 bits per heavy atom. The van der Waals surface area contributed by atoms with Gasteiger partial charge in [0.05, 0.1) is 10.9 Å². The Bertz CT molecular complexity index is 926. The van der Waals surface area contributed by atoms with Crippen LogP contribution in [0.5, 0.6) is 0 Å². The Hall–Kier alpha value is -3.21. The Kier molecular flexibility index (Phi) is 3.53. The van der Waals surface area contributed by atoms with Gasteiger partial charge in [-0.15, -0.1) is 0 Å². The fourth-order valence-electron chi connectivity index (χ4n) is 2.04. The third-order valence-electron chi connectivity index (χ3n) is 3.14. The van der Waals surface area contributed by atoms with Crippen LogP contribution in [0, 0.1) is 0 Å². The number of fused-ring (bicyclic) bond motifs is 1. The summed E-state index contributed by atoms with van der Waals surface area (Å²) in [6.45, 7) is 0. The van der Waals surface area contributed by atoms with Crippen molar-refractivity contribution in [2.75, 3.05) is 0 Å². The lowest BCUT2D eigenvalue weighted by molar-refractivity contribution is 0.0697. The first kappa shape index (κ1) is 13.8. The highest BCUT2D eigenvalue weighted by molar-refractivity contribution is 5.92. The van der Waals surface area contributed by atoms with Gasteiger partial charge in [0.25, 0.3) is 0 Å². The molecule has 0 unspecified atom stereocenters. The molecule has 0 spiro atoms. The number of benzene rings is 1. The van der Waals surface area contributed by atoms with E-state index >= 15 is 0 Å². The van der Waals surface area contributed by atoms with Crippen LogP contribution in [0.25, 0.3) is 23.1 Å². The molecule has 0 aliphatic heterocycles. The fraction of sp³-hybridized carbons (Fsp3) is 0. The van der Waals surface area contributed by atoms with Crippen molar-refractivity contribution in [2.45, 2.75) is 0 Å². The number of aromatic carboxylic acids is 1. The summed E-state index contributed by atoms with van der Waals surface area (Å²) in [5, 5.41) is 9.20. The Balaban J connectivity index is 2.03. The number of carbonyl (C=O) groups is 1. The smallest absolute Gasteiger partial charge is 0.335 e. The van der Waals surface area contributed by atoms with Gasteiger partial charge in [-0.3, -0.25) is 9.78 Å². The summed E-state index contributed by atoms with van der Waals surface area (Å²) in [6.07, 6.45) is 6.83. The lowest BCUT2D eigenvalue weighted by Gasteiger charge is -2.00. The van der Waals surface area contributed by atoms with Gasteiger partial charge in [0.2, 0.25) is 0 Å². The number of hydrogen-bond donors (Lipinski definition) is 1. The lowest BCUT2D eigenvalue weighted by Crippen LogP contribution is -2.03. The number of nitrogens with zero attached hydrogens (tertiary/aromatic N) is 1. The molecule has 0 atom stereocenters. The van der Waals surface area contributed by atoms with Crippen LogP contribution < -0.4 is 5.43 Å². The number of hydrogen-bond acceptors (Lipinski definition) is 4. The summed E-state index contributed by atoms with van der Waals surface area (Å²) < 4.78 is 5.60. The second-order valence-corrected chi connectivity index (χ2v) is 4.64. The predicted molar refractivity (Wildman–Crippen MR) is 82.6 cm³/mol. The Morgan fingerprint density at radius 1 is 1.09 bits per heavy atom. The van der Waals surface area contributed by atoms with Gasteiger partial charge < -0.3 is 9.52 Å². The molecule has 0 aliphatic carbocycles. The molecule has 2 heterocycles. The second-order valence-electron chi connectivity index (χ2n) is 4.64. The largest absolute Gasteiger partial charge is 0.478 e. The molecule has 0 amide bonds. The molecule has 3 aromatic rings. The van der Waals surface area contributed by atoms with Crippen molar-refractivity contribution in [2.24, 2.45) is 0 Å². The molecule has 22 heavy (non-hydrogen) atoms. The van der Waals surface area contributed by atoms with Crippen LogP contribution in [-0.4, -0.2) is 16.1 Å². The number of rotatable bonds is 3. The first-order chi connectivity index (χ1) is 10.6. The molecule has 1 aromatic carbocycles. The monoisotopic (exact) mass is 293 g/mol. The maximum Gasteiger partial charge on any atom is 0.335 e. The van der Waals surface area contributed by atoms with Gasteiger partial charge in [0.15, 0.2) is 5.43 Å². The van der Waals surface area contributed by atoms with E-state index in [4.69, 9.17) is 9.52 Å². The summed E-state index contributed by atoms with van der Waals surface area (Å²) >= 11 is 0. The van der Waals surface area contributed by atoms with E-state index in [0.717, 1.165) is 5.56 Å². The second kappa shape index (κ2) is 5.65. The zero-order valence-corrected chi connectivity index (χ0v) is 11.4. The maximum absolute atomic E-state index is 12.1. The van der Waals surface area contributed by atoms with Crippen LogP contribution in [0.1, 0.15) is 21.7 Å². The van der Waals surface area contributed by atoms with E-state index in [-0.39, 0.29) is 16.4 Å². The van der Waals surface area contributed by atoms with Crippen LogP contribution in [0.2, 0.25) is 0 Å². The first-order valence-corrected chi connectivity index (χ1v) is 6.53. The molecule has 0 saturated carbocycles. The normalized spacial score (nSPS) is 11.1. The molecule has 0 bridgehead atoms. The Labute approximate surface area is 125 Å². The summed E-state index contributed by atoms with van der Waals surface area (Å²) in [7, 11) is 0. The zero-order chi connectivity index (χ0) is 15.5. The third-order valence-corrected chi connectivity index (χ3v) is 3.14. The SMILES string of the molecule is O=C(O)c1ccc2oc(C=Cc3ccncc3)cc(=O)c2c1. The van der Waals surface area contributed by atoms with Crippen molar-refractivity contribution in [1.29, 1.82) is 0 Å². The van der Waals surface area contributed by atoms with Gasteiger partial charge in [-0.05, 0) is 42.0 Å². The van der Waals surface area contributed by atoms with Crippen molar-refractivity contribution in [1.82, 2.24) is 4.98 Å². The predicted octanol–water partition coefficient (Wildman–Crippen LogP) is 3.06. The lowest BCUT2D eigenvalue weighted by atomic mass is 10.1. The van der Waals surface area contributed by atoms with Crippen LogP contribution in [0.15, 0.2) is 58.0 Å². The summed E-state index contributed by atoms with van der Waals surface area (Å²) in [6, 6.07) is 9.21. The molecule has 5 heteroatoms. The summed E-state index contributed by atoms with van der Waals surface area (Å²) in [5.41, 5.74) is 1.06. The minimum Gasteiger partial charge on any atom is -0.478 e. The van der Waals surface area contributed by atoms with E-state index < -0.39 is 5.97 Å². The van der Waals surface area contributed by atoms with E-state index in [1.807, 2.05) is 12.1 Å². The molecule has 108 valence electrons. The van der Waals surface area contributed by atoms with Gasteiger partial charge in [0, 0.05) is 18.5 Å². The van der Waals surface area contributed by atoms with E-state index in [1.54, 1.807) is 24.5 Å². The summed E-state index contributed by atoms with van der Waals surface area (Å²) in [5.74, 6) is -0.680. The van der Waals surface area contributed by atoms with Crippen molar-refractivity contribution in [3.05, 3.63) is 75.9 Å². The van der Waals surface area contributed by atoms with Crippen molar-refractivity contribution >= 4 is 29.1 Å². The van der Waals surface area contributed by atoms with Gasteiger partial charge in [-0.2, -0.15) is 0 Å². The Morgan fingerprint density at radius 2 is 1.86 bits per heavy atom. The quantitative estimate of drug-likeness (QED) is 0.802. The topological polar surface area (TPSA) is 80.4 Å². The van der Waals surface area contributed by atoms with Crippen LogP contribution >= 0.6 is 0 Å². The fourth-order valence-corrected chi connectivity index (χ4v) is 2.04. The van der Waals surface area contributed by atoms with Crippen LogP contribution in [0.4, 0.5) is 0 Å².